The molecule has 1 unspecified atom stereocenters. The van der Waals surface area contributed by atoms with E-state index in [9.17, 15) is 4.39 Å². The second-order valence-electron chi connectivity index (χ2n) is 4.79. The van der Waals surface area contributed by atoms with Crippen LogP contribution in [0.3, 0.4) is 0 Å². The highest BCUT2D eigenvalue weighted by Crippen LogP contribution is 2.25. The van der Waals surface area contributed by atoms with Gasteiger partial charge < -0.3 is 0 Å². The summed E-state index contributed by atoms with van der Waals surface area (Å²) in [5, 5.41) is 2.21. The van der Waals surface area contributed by atoms with Crippen molar-refractivity contribution >= 4 is 39.1 Å². The van der Waals surface area contributed by atoms with E-state index >= 15 is 0 Å². The second-order valence-corrected chi connectivity index (χ2v) is 6.28. The molecule has 0 fully saturated rings. The number of rotatable bonds is 5. The third-order valence-electron chi connectivity index (χ3n) is 3.18. The summed E-state index contributed by atoms with van der Waals surface area (Å²) in [7, 11) is 0. The van der Waals surface area contributed by atoms with Gasteiger partial charge in [-0.05, 0) is 54.2 Å². The van der Waals surface area contributed by atoms with Gasteiger partial charge in [0.1, 0.15) is 5.82 Å². The Hall–Kier alpha value is -0.570. The maximum absolute atomic E-state index is 12.9. The van der Waals surface area contributed by atoms with E-state index in [1.807, 2.05) is 24.3 Å². The largest absolute Gasteiger partial charge is 0.207 e. The van der Waals surface area contributed by atoms with E-state index in [2.05, 4.69) is 15.9 Å². The number of benzene rings is 2. The van der Waals surface area contributed by atoms with Crippen LogP contribution in [0.15, 0.2) is 42.5 Å². The first kappa shape index (κ1) is 15.8. The topological polar surface area (TPSA) is 0 Å². The van der Waals surface area contributed by atoms with E-state index in [-0.39, 0.29) is 5.82 Å². The van der Waals surface area contributed by atoms with Crippen molar-refractivity contribution in [3.63, 3.8) is 0 Å². The predicted molar refractivity (Wildman–Crippen MR) is 87.6 cm³/mol. The van der Waals surface area contributed by atoms with Crippen LogP contribution in [0.4, 0.5) is 4.39 Å². The van der Waals surface area contributed by atoms with Gasteiger partial charge in [0, 0.05) is 15.4 Å². The second kappa shape index (κ2) is 7.44. The molecule has 0 radical (unpaired) electrons. The zero-order chi connectivity index (χ0) is 14.5. The fourth-order valence-electron chi connectivity index (χ4n) is 2.13. The first-order chi connectivity index (χ1) is 9.58. The maximum atomic E-state index is 12.9. The zero-order valence-corrected chi connectivity index (χ0v) is 13.8. The fraction of sp³-hybridized carbons (Fsp3) is 0.250. The lowest BCUT2D eigenvalue weighted by molar-refractivity contribution is 0.588. The number of halogens is 4. The van der Waals surface area contributed by atoms with Gasteiger partial charge in [-0.25, -0.2) is 4.39 Å². The normalized spacial score (nSPS) is 12.4. The zero-order valence-electron chi connectivity index (χ0n) is 10.8. The van der Waals surface area contributed by atoms with E-state index < -0.39 is 0 Å². The third kappa shape index (κ3) is 4.47. The van der Waals surface area contributed by atoms with Crippen molar-refractivity contribution in [1.82, 2.24) is 0 Å². The van der Waals surface area contributed by atoms with Crippen molar-refractivity contribution in [1.29, 1.82) is 0 Å². The van der Waals surface area contributed by atoms with Crippen LogP contribution in [0.25, 0.3) is 0 Å². The predicted octanol–water partition coefficient (Wildman–Crippen LogP) is 5.93. The Labute approximate surface area is 137 Å². The van der Waals surface area contributed by atoms with Crippen molar-refractivity contribution in [3.05, 3.63) is 69.5 Å². The van der Waals surface area contributed by atoms with Gasteiger partial charge in [0.25, 0.3) is 0 Å². The summed E-state index contributed by atoms with van der Waals surface area (Å²) < 4.78 is 12.9. The minimum absolute atomic E-state index is 0.204. The smallest absolute Gasteiger partial charge is 0.123 e. The first-order valence-corrected chi connectivity index (χ1v) is 8.20. The van der Waals surface area contributed by atoms with Crippen molar-refractivity contribution in [2.24, 2.45) is 5.92 Å². The SMILES string of the molecule is Fc1ccc(CC(CBr)Cc2ccc(Cl)cc2Cl)cc1. The molecule has 0 N–H and O–H groups in total. The molecule has 1 atom stereocenters. The number of hydrogen-bond donors (Lipinski definition) is 0. The molecule has 4 heteroatoms. The maximum Gasteiger partial charge on any atom is 0.123 e. The van der Waals surface area contributed by atoms with Crippen LogP contribution in [0.2, 0.25) is 10.0 Å². The van der Waals surface area contributed by atoms with Crippen LogP contribution in [-0.2, 0) is 12.8 Å². The van der Waals surface area contributed by atoms with Gasteiger partial charge >= 0.3 is 0 Å². The molecule has 0 aliphatic rings. The van der Waals surface area contributed by atoms with Crippen molar-refractivity contribution < 1.29 is 4.39 Å². The molecule has 2 aromatic rings. The van der Waals surface area contributed by atoms with E-state index in [0.29, 0.717) is 16.0 Å². The molecule has 0 heterocycles. The Kier molecular flexibility index (Phi) is 5.88. The van der Waals surface area contributed by atoms with Crippen LogP contribution < -0.4 is 0 Å². The molecule has 0 saturated carbocycles. The fourth-order valence-corrected chi connectivity index (χ4v) is 3.08. The lowest BCUT2D eigenvalue weighted by Gasteiger charge is -2.15. The van der Waals surface area contributed by atoms with Crippen LogP contribution in [-0.4, -0.2) is 5.33 Å². The van der Waals surface area contributed by atoms with Crippen LogP contribution in [0.5, 0.6) is 0 Å². The summed E-state index contributed by atoms with van der Waals surface area (Å²) in [5.41, 5.74) is 2.21. The minimum atomic E-state index is -0.204. The third-order valence-corrected chi connectivity index (χ3v) is 4.68. The van der Waals surface area contributed by atoms with Gasteiger partial charge in [-0.2, -0.15) is 0 Å². The van der Waals surface area contributed by atoms with Crippen LogP contribution in [0.1, 0.15) is 11.1 Å². The highest BCUT2D eigenvalue weighted by Gasteiger charge is 2.12. The molecule has 0 spiro atoms. The molecule has 0 aliphatic carbocycles. The van der Waals surface area contributed by atoms with Gasteiger partial charge in [0.05, 0.1) is 0 Å². The summed E-state index contributed by atoms with van der Waals surface area (Å²) >= 11 is 15.6. The molecule has 0 aliphatic heterocycles. The lowest BCUT2D eigenvalue weighted by Crippen LogP contribution is -2.10. The van der Waals surface area contributed by atoms with Crippen molar-refractivity contribution in [2.45, 2.75) is 12.8 Å². The highest BCUT2D eigenvalue weighted by atomic mass is 79.9. The van der Waals surface area contributed by atoms with Gasteiger partial charge in [0.15, 0.2) is 0 Å². The number of hydrogen-bond acceptors (Lipinski definition) is 0. The van der Waals surface area contributed by atoms with Gasteiger partial charge in [-0.15, -0.1) is 0 Å². The Balaban J connectivity index is 2.07. The molecular formula is C16H14BrCl2F. The highest BCUT2D eigenvalue weighted by molar-refractivity contribution is 9.09. The van der Waals surface area contributed by atoms with E-state index in [4.69, 9.17) is 23.2 Å². The molecule has 2 aromatic carbocycles. The summed E-state index contributed by atoms with van der Waals surface area (Å²) in [6.45, 7) is 0. The Morgan fingerprint density at radius 1 is 1.00 bits per heavy atom. The van der Waals surface area contributed by atoms with Gasteiger partial charge in [0.2, 0.25) is 0 Å². The molecule has 2 rings (SSSR count). The first-order valence-electron chi connectivity index (χ1n) is 6.33. The number of alkyl halides is 1. The lowest BCUT2D eigenvalue weighted by atomic mass is 9.94. The summed E-state index contributed by atoms with van der Waals surface area (Å²) in [5.74, 6) is 0.198. The molecule has 0 bridgehead atoms. The van der Waals surface area contributed by atoms with Crippen LogP contribution >= 0.6 is 39.1 Å². The Bertz CT molecular complexity index is 569. The molecule has 0 amide bonds. The van der Waals surface area contributed by atoms with E-state index in [1.54, 1.807) is 6.07 Å². The summed E-state index contributed by atoms with van der Waals surface area (Å²) in [6, 6.07) is 12.2. The van der Waals surface area contributed by atoms with E-state index in [0.717, 1.165) is 29.3 Å². The average Bonchev–Trinajstić information content (AvgIpc) is 2.43. The minimum Gasteiger partial charge on any atom is -0.207 e. The van der Waals surface area contributed by atoms with Crippen molar-refractivity contribution in [2.75, 3.05) is 5.33 Å². The molecule has 106 valence electrons. The van der Waals surface area contributed by atoms with Gasteiger partial charge in [-0.3, -0.25) is 0 Å². The summed E-state index contributed by atoms with van der Waals surface area (Å²) in [6.07, 6.45) is 1.74. The van der Waals surface area contributed by atoms with Crippen LogP contribution in [0, 0.1) is 11.7 Å². The van der Waals surface area contributed by atoms with Crippen molar-refractivity contribution in [3.8, 4) is 0 Å². The molecule has 20 heavy (non-hydrogen) atoms. The monoisotopic (exact) mass is 374 g/mol. The van der Waals surface area contributed by atoms with E-state index in [1.165, 1.54) is 12.1 Å². The average molecular weight is 376 g/mol. The standard InChI is InChI=1S/C16H14BrCl2F/c17-10-12(7-11-1-5-15(20)6-2-11)8-13-3-4-14(18)9-16(13)19/h1-6,9,12H,7-8,10H2. The quantitative estimate of drug-likeness (QED) is 0.568. The molecular weight excluding hydrogens is 362 g/mol. The Morgan fingerprint density at radius 3 is 2.30 bits per heavy atom. The molecule has 0 aromatic heterocycles. The molecule has 0 saturated heterocycles. The van der Waals surface area contributed by atoms with Gasteiger partial charge in [-0.1, -0.05) is 57.3 Å². The molecule has 0 nitrogen and oxygen atoms in total. The Morgan fingerprint density at radius 2 is 1.70 bits per heavy atom. The summed E-state index contributed by atoms with van der Waals surface area (Å²) in [4.78, 5) is 0.